The highest BCUT2D eigenvalue weighted by atomic mass is 32.2. The zero-order valence-corrected chi connectivity index (χ0v) is 16.7. The highest BCUT2D eigenvalue weighted by molar-refractivity contribution is 7.99. The molecule has 1 aliphatic rings. The molecule has 0 radical (unpaired) electrons. The number of hydrogen-bond acceptors (Lipinski definition) is 6. The maximum atomic E-state index is 12.2. The Kier molecular flexibility index (Phi) is 6.81. The summed E-state index contributed by atoms with van der Waals surface area (Å²) in [5.74, 6) is 1.24. The summed E-state index contributed by atoms with van der Waals surface area (Å²) < 4.78 is 15.8. The zero-order valence-electron chi connectivity index (χ0n) is 15.9. The second-order valence-electron chi connectivity index (χ2n) is 6.45. The van der Waals surface area contributed by atoms with Crippen molar-refractivity contribution in [2.75, 3.05) is 12.5 Å². The van der Waals surface area contributed by atoms with E-state index < -0.39 is 6.10 Å². The van der Waals surface area contributed by atoms with Gasteiger partial charge < -0.3 is 19.5 Å². The molecule has 148 valence electrons. The van der Waals surface area contributed by atoms with Gasteiger partial charge in [-0.3, -0.25) is 9.59 Å². The number of rotatable bonds is 8. The Morgan fingerprint density at radius 2 is 1.89 bits per heavy atom. The zero-order chi connectivity index (χ0) is 19.9. The van der Waals surface area contributed by atoms with E-state index in [4.69, 9.17) is 14.2 Å². The summed E-state index contributed by atoms with van der Waals surface area (Å²) in [6.45, 7) is 4.13. The van der Waals surface area contributed by atoms with Crippen LogP contribution in [0.3, 0.4) is 0 Å². The van der Waals surface area contributed by atoms with Gasteiger partial charge in [0.15, 0.2) is 17.6 Å². The fourth-order valence-corrected chi connectivity index (χ4v) is 3.41. The van der Waals surface area contributed by atoms with Crippen LogP contribution >= 0.6 is 11.8 Å². The summed E-state index contributed by atoms with van der Waals surface area (Å²) in [7, 11) is 0. The minimum absolute atomic E-state index is 0.209. The van der Waals surface area contributed by atoms with Crippen LogP contribution < -0.4 is 14.8 Å². The van der Waals surface area contributed by atoms with E-state index in [0.29, 0.717) is 23.8 Å². The van der Waals surface area contributed by atoms with Gasteiger partial charge in [0.05, 0.1) is 6.42 Å². The van der Waals surface area contributed by atoms with Crippen LogP contribution in [0.25, 0.3) is 0 Å². The molecule has 3 rings (SSSR count). The van der Waals surface area contributed by atoms with Crippen molar-refractivity contribution in [2.45, 2.75) is 37.8 Å². The molecule has 1 N–H and O–H groups in total. The number of nitrogens with one attached hydrogen (secondary N) is 1. The molecule has 0 saturated carbocycles. The predicted octanol–water partition coefficient (Wildman–Crippen LogP) is 3.45. The van der Waals surface area contributed by atoms with E-state index in [2.05, 4.69) is 5.32 Å². The van der Waals surface area contributed by atoms with Gasteiger partial charge in [0.1, 0.15) is 0 Å². The molecule has 0 aliphatic carbocycles. The van der Waals surface area contributed by atoms with Crippen LogP contribution in [0.4, 0.5) is 0 Å². The Balaban J connectivity index is 1.37. The van der Waals surface area contributed by atoms with Crippen LogP contribution in [0.15, 0.2) is 47.4 Å². The molecule has 7 heteroatoms. The minimum atomic E-state index is -0.842. The number of carbonyl (C=O) groups excluding carboxylic acids is 2. The normalized spacial score (nSPS) is 13.1. The highest BCUT2D eigenvalue weighted by Crippen LogP contribution is 2.32. The van der Waals surface area contributed by atoms with Crippen molar-refractivity contribution in [1.82, 2.24) is 5.32 Å². The van der Waals surface area contributed by atoms with Crippen LogP contribution in [0.2, 0.25) is 0 Å². The number of ether oxygens (including phenoxy) is 3. The number of hydrogen-bond donors (Lipinski definition) is 1. The third-order valence-corrected chi connectivity index (χ3v) is 5.19. The van der Waals surface area contributed by atoms with Gasteiger partial charge in [-0.2, -0.15) is 0 Å². The summed E-state index contributed by atoms with van der Waals surface area (Å²) in [5, 5.41) is 2.76. The second-order valence-corrected chi connectivity index (χ2v) is 7.62. The Morgan fingerprint density at radius 3 is 2.68 bits per heavy atom. The molecule has 1 amide bonds. The van der Waals surface area contributed by atoms with Gasteiger partial charge in [-0.15, -0.1) is 11.8 Å². The SMILES string of the molecule is Cc1ccc(SCCC(=O)O[C@H](C)C(=O)NCc2ccc3c(c2)OCO3)cc1. The number of aryl methyl sites for hydroxylation is 1. The van der Waals surface area contributed by atoms with Crippen molar-refractivity contribution >= 4 is 23.6 Å². The molecule has 0 spiro atoms. The van der Waals surface area contributed by atoms with Gasteiger partial charge in [0.2, 0.25) is 6.79 Å². The minimum Gasteiger partial charge on any atom is -0.454 e. The Morgan fingerprint density at radius 1 is 1.14 bits per heavy atom. The van der Waals surface area contributed by atoms with Gasteiger partial charge in [-0.1, -0.05) is 23.8 Å². The fraction of sp³-hybridized carbons (Fsp3) is 0.333. The van der Waals surface area contributed by atoms with E-state index in [1.807, 2.05) is 43.3 Å². The summed E-state index contributed by atoms with van der Waals surface area (Å²) in [6, 6.07) is 13.6. The van der Waals surface area contributed by atoms with Crippen molar-refractivity contribution in [3.8, 4) is 11.5 Å². The van der Waals surface area contributed by atoms with Gasteiger partial charge >= 0.3 is 5.97 Å². The Labute approximate surface area is 168 Å². The lowest BCUT2D eigenvalue weighted by Gasteiger charge is -2.13. The third kappa shape index (κ3) is 5.66. The number of fused-ring (bicyclic) bond motifs is 1. The van der Waals surface area contributed by atoms with E-state index in [1.165, 1.54) is 5.56 Å². The van der Waals surface area contributed by atoms with Crippen LogP contribution in [-0.2, 0) is 20.9 Å². The average Bonchev–Trinajstić information content (AvgIpc) is 3.15. The molecule has 0 bridgehead atoms. The molecular formula is C21H23NO5S. The number of thioether (sulfide) groups is 1. The van der Waals surface area contributed by atoms with Crippen LogP contribution in [0, 0.1) is 6.92 Å². The van der Waals surface area contributed by atoms with Gasteiger partial charge in [0, 0.05) is 17.2 Å². The molecule has 2 aromatic rings. The molecule has 1 atom stereocenters. The molecule has 0 saturated heterocycles. The lowest BCUT2D eigenvalue weighted by atomic mass is 10.2. The maximum absolute atomic E-state index is 12.2. The average molecular weight is 401 g/mol. The first-order valence-corrected chi connectivity index (χ1v) is 10.0. The van der Waals surface area contributed by atoms with Gasteiger partial charge in [0.25, 0.3) is 5.91 Å². The third-order valence-electron chi connectivity index (χ3n) is 4.18. The quantitative estimate of drug-likeness (QED) is 0.539. The maximum Gasteiger partial charge on any atom is 0.307 e. The Bertz CT molecular complexity index is 837. The summed E-state index contributed by atoms with van der Waals surface area (Å²) >= 11 is 1.59. The lowest BCUT2D eigenvalue weighted by molar-refractivity contribution is -0.154. The molecule has 28 heavy (non-hydrogen) atoms. The van der Waals surface area contributed by atoms with Crippen molar-refractivity contribution < 1.29 is 23.8 Å². The van der Waals surface area contributed by atoms with Crippen LogP contribution in [-0.4, -0.2) is 30.5 Å². The van der Waals surface area contributed by atoms with E-state index in [9.17, 15) is 9.59 Å². The van der Waals surface area contributed by atoms with Gasteiger partial charge in [-0.05, 0) is 43.7 Å². The molecule has 1 aliphatic heterocycles. The van der Waals surface area contributed by atoms with Gasteiger partial charge in [-0.25, -0.2) is 0 Å². The summed E-state index contributed by atoms with van der Waals surface area (Å²) in [4.78, 5) is 25.2. The topological polar surface area (TPSA) is 73.9 Å². The Hall–Kier alpha value is -2.67. The molecule has 2 aromatic carbocycles. The van der Waals surface area contributed by atoms with Crippen LogP contribution in [0.5, 0.6) is 11.5 Å². The molecule has 1 heterocycles. The lowest BCUT2D eigenvalue weighted by Crippen LogP contribution is -2.35. The monoisotopic (exact) mass is 401 g/mol. The fourth-order valence-electron chi connectivity index (χ4n) is 2.58. The first kappa shape index (κ1) is 20.1. The van der Waals surface area contributed by atoms with E-state index in [0.717, 1.165) is 10.5 Å². The molecular weight excluding hydrogens is 378 g/mol. The van der Waals surface area contributed by atoms with E-state index >= 15 is 0 Å². The first-order valence-electron chi connectivity index (χ1n) is 9.06. The standard InChI is InChI=1S/C21H23NO5S/c1-14-3-6-17(7-4-14)28-10-9-20(23)27-15(2)21(24)22-12-16-5-8-18-19(11-16)26-13-25-18/h3-8,11,15H,9-10,12-13H2,1-2H3,(H,22,24)/t15-/m1/s1. The summed E-state index contributed by atoms with van der Waals surface area (Å²) in [5.41, 5.74) is 2.08. The number of carbonyl (C=O) groups is 2. The van der Waals surface area contributed by atoms with E-state index in [1.54, 1.807) is 24.8 Å². The molecule has 0 unspecified atom stereocenters. The van der Waals surface area contributed by atoms with Crippen molar-refractivity contribution in [3.05, 3.63) is 53.6 Å². The molecule has 0 fully saturated rings. The first-order chi connectivity index (χ1) is 13.5. The smallest absolute Gasteiger partial charge is 0.307 e. The van der Waals surface area contributed by atoms with Crippen molar-refractivity contribution in [1.29, 1.82) is 0 Å². The second kappa shape index (κ2) is 9.50. The predicted molar refractivity (Wildman–Crippen MR) is 106 cm³/mol. The summed E-state index contributed by atoms with van der Waals surface area (Å²) in [6.07, 6.45) is -0.593. The molecule has 6 nitrogen and oxygen atoms in total. The number of amides is 1. The number of benzene rings is 2. The van der Waals surface area contributed by atoms with Crippen molar-refractivity contribution in [3.63, 3.8) is 0 Å². The van der Waals surface area contributed by atoms with Crippen molar-refractivity contribution in [2.24, 2.45) is 0 Å². The largest absolute Gasteiger partial charge is 0.454 e. The number of esters is 1. The van der Waals surface area contributed by atoms with Crippen LogP contribution in [0.1, 0.15) is 24.5 Å². The van der Waals surface area contributed by atoms with E-state index in [-0.39, 0.29) is 25.1 Å². The highest BCUT2D eigenvalue weighted by Gasteiger charge is 2.18. The molecule has 0 aromatic heterocycles.